The van der Waals surface area contributed by atoms with Crippen molar-refractivity contribution in [1.29, 1.82) is 0 Å². The second kappa shape index (κ2) is 3.65. The molecule has 0 unspecified atom stereocenters. The molecule has 1 aromatic rings. The molecule has 0 amide bonds. The largest absolute Gasteiger partial charge is 0.497 e. The van der Waals surface area contributed by atoms with Gasteiger partial charge in [-0.3, -0.25) is 0 Å². The van der Waals surface area contributed by atoms with Crippen LogP contribution in [0.4, 0.5) is 0 Å². The van der Waals surface area contributed by atoms with Crippen LogP contribution in [0.2, 0.25) is 0 Å². The maximum atomic E-state index is 5.52. The minimum atomic E-state index is 0.505. The smallest absolute Gasteiger partial charge is 0.164 e. The van der Waals surface area contributed by atoms with Crippen LogP contribution in [-0.4, -0.2) is 18.9 Å². The van der Waals surface area contributed by atoms with Gasteiger partial charge in [-0.15, -0.1) is 0 Å². The second-order valence-corrected chi connectivity index (χ2v) is 3.18. The zero-order valence-corrected chi connectivity index (χ0v) is 8.56. The summed E-state index contributed by atoms with van der Waals surface area (Å²) in [6, 6.07) is 5.70. The normalized spacial score (nSPS) is 13.0. The lowest BCUT2D eigenvalue weighted by Gasteiger charge is -2.14. The van der Waals surface area contributed by atoms with Gasteiger partial charge in [0.15, 0.2) is 11.6 Å². The number of ether oxygens (including phenoxy) is 1. The Kier molecular flexibility index (Phi) is 2.33. The van der Waals surface area contributed by atoms with E-state index in [0.717, 1.165) is 17.1 Å². The lowest BCUT2D eigenvalue weighted by atomic mass is 10.2. The first-order valence-corrected chi connectivity index (χ1v) is 4.52. The van der Waals surface area contributed by atoms with Crippen LogP contribution >= 0.6 is 0 Å². The van der Waals surface area contributed by atoms with Gasteiger partial charge in [-0.25, -0.2) is 4.99 Å². The summed E-state index contributed by atoms with van der Waals surface area (Å²) in [6.45, 7) is 7.76. The van der Waals surface area contributed by atoms with Gasteiger partial charge < -0.3 is 9.57 Å². The Balaban J connectivity index is 2.23. The number of hydrogen-bond acceptors (Lipinski definition) is 4. The number of methoxy groups -OCH3 is 1. The summed E-state index contributed by atoms with van der Waals surface area (Å²) < 4.78 is 5.10. The third-order valence-electron chi connectivity index (χ3n) is 2.27. The van der Waals surface area contributed by atoms with Crippen LogP contribution in [0.3, 0.4) is 0 Å². The third-order valence-corrected chi connectivity index (χ3v) is 2.27. The summed E-state index contributed by atoms with van der Waals surface area (Å²) in [5, 5.41) is 1.59. The van der Waals surface area contributed by atoms with Gasteiger partial charge >= 0.3 is 0 Å². The average Bonchev–Trinajstić information content (AvgIpc) is 2.70. The highest BCUT2D eigenvalue weighted by Crippen LogP contribution is 2.33. The quantitative estimate of drug-likeness (QED) is 0.706. The molecule has 0 aromatic heterocycles. The fourth-order valence-corrected chi connectivity index (χ4v) is 1.41. The molecule has 4 nitrogen and oxygen atoms in total. The lowest BCUT2D eigenvalue weighted by molar-refractivity contribution is -0.00471. The van der Waals surface area contributed by atoms with E-state index in [9.17, 15) is 0 Å². The van der Waals surface area contributed by atoms with E-state index in [0.29, 0.717) is 12.4 Å². The van der Waals surface area contributed by atoms with Crippen LogP contribution in [0.5, 0.6) is 11.5 Å². The number of rotatable bonds is 3. The molecule has 1 aliphatic rings. The van der Waals surface area contributed by atoms with E-state index in [1.165, 1.54) is 0 Å². The van der Waals surface area contributed by atoms with Gasteiger partial charge in [-0.1, -0.05) is 6.58 Å². The fourth-order valence-electron chi connectivity index (χ4n) is 1.41. The maximum Gasteiger partial charge on any atom is 0.164 e. The zero-order valence-electron chi connectivity index (χ0n) is 8.56. The first-order chi connectivity index (χ1) is 7.24. The van der Waals surface area contributed by atoms with Gasteiger partial charge in [-0.2, -0.15) is 5.06 Å². The molecule has 15 heavy (non-hydrogen) atoms. The Bertz CT molecular complexity index is 415. The minimum absolute atomic E-state index is 0.505. The molecule has 2 rings (SSSR count). The molecule has 0 saturated heterocycles. The van der Waals surface area contributed by atoms with Gasteiger partial charge in [0.25, 0.3) is 0 Å². The Morgan fingerprint density at radius 3 is 3.07 bits per heavy atom. The van der Waals surface area contributed by atoms with Crippen LogP contribution in [0, 0.1) is 0 Å². The molecule has 0 bridgehead atoms. The molecule has 0 saturated carbocycles. The predicted octanol–water partition coefficient (Wildman–Crippen LogP) is 1.98. The van der Waals surface area contributed by atoms with Gasteiger partial charge in [0.2, 0.25) is 0 Å². The Labute approximate surface area is 88.4 Å². The molecule has 1 aromatic carbocycles. The maximum absolute atomic E-state index is 5.52. The van der Waals surface area contributed by atoms with Crippen molar-refractivity contribution in [2.45, 2.75) is 6.54 Å². The van der Waals surface area contributed by atoms with Gasteiger partial charge in [0, 0.05) is 11.6 Å². The molecule has 1 heterocycles. The molecule has 0 radical (unpaired) electrons. The summed E-state index contributed by atoms with van der Waals surface area (Å²) in [4.78, 5) is 9.24. The second-order valence-electron chi connectivity index (χ2n) is 3.18. The number of hydrogen-bond donors (Lipinski definition) is 0. The number of hydroxylamine groups is 2. The number of aliphatic imine (C=N–C) groups is 1. The SMILES string of the molecule is C=NC(=C)N1Cc2ccc(OC)cc2O1. The highest BCUT2D eigenvalue weighted by atomic mass is 16.7. The average molecular weight is 204 g/mol. The van der Waals surface area contributed by atoms with E-state index < -0.39 is 0 Å². The van der Waals surface area contributed by atoms with Crippen LogP contribution in [-0.2, 0) is 6.54 Å². The molecule has 0 N–H and O–H groups in total. The minimum Gasteiger partial charge on any atom is -0.497 e. The first kappa shape index (κ1) is 9.58. The van der Waals surface area contributed by atoms with Crippen molar-refractivity contribution in [3.05, 3.63) is 36.2 Å². The summed E-state index contributed by atoms with van der Waals surface area (Å²) >= 11 is 0. The molecular formula is C11H12N2O2. The standard InChI is InChI=1S/C11H12N2O2/c1-8(12-2)13-7-9-4-5-10(14-3)6-11(9)15-13/h4-6H,1-2,7H2,3H3. The molecule has 1 aliphatic heterocycles. The Hall–Kier alpha value is -1.97. The van der Waals surface area contributed by atoms with E-state index in [2.05, 4.69) is 18.3 Å². The predicted molar refractivity (Wildman–Crippen MR) is 57.9 cm³/mol. The Morgan fingerprint density at radius 1 is 1.60 bits per heavy atom. The van der Waals surface area contributed by atoms with E-state index in [1.54, 1.807) is 12.2 Å². The molecule has 0 aliphatic carbocycles. The van der Waals surface area contributed by atoms with E-state index in [4.69, 9.17) is 9.57 Å². The molecule has 0 atom stereocenters. The van der Waals surface area contributed by atoms with Gasteiger partial charge in [-0.05, 0) is 18.9 Å². The molecule has 0 spiro atoms. The van der Waals surface area contributed by atoms with E-state index >= 15 is 0 Å². The number of benzene rings is 1. The van der Waals surface area contributed by atoms with Crippen molar-refractivity contribution in [2.24, 2.45) is 4.99 Å². The van der Waals surface area contributed by atoms with Crippen molar-refractivity contribution < 1.29 is 9.57 Å². The lowest BCUT2D eigenvalue weighted by Crippen LogP contribution is -2.18. The van der Waals surface area contributed by atoms with Crippen molar-refractivity contribution in [2.75, 3.05) is 7.11 Å². The number of nitrogens with zero attached hydrogens (tertiary/aromatic N) is 2. The monoisotopic (exact) mass is 204 g/mol. The molecule has 4 heteroatoms. The van der Waals surface area contributed by atoms with E-state index in [-0.39, 0.29) is 0 Å². The van der Waals surface area contributed by atoms with Crippen LogP contribution in [0.1, 0.15) is 5.56 Å². The van der Waals surface area contributed by atoms with Crippen molar-refractivity contribution in [1.82, 2.24) is 5.06 Å². The van der Waals surface area contributed by atoms with Crippen LogP contribution < -0.4 is 9.57 Å². The molecule has 78 valence electrons. The third kappa shape index (κ3) is 1.66. The zero-order chi connectivity index (χ0) is 10.8. The van der Waals surface area contributed by atoms with Gasteiger partial charge in [0.05, 0.1) is 13.7 Å². The number of fused-ring (bicyclic) bond motifs is 1. The highest BCUT2D eigenvalue weighted by Gasteiger charge is 2.22. The summed E-state index contributed by atoms with van der Waals surface area (Å²) in [5.74, 6) is 2.05. The first-order valence-electron chi connectivity index (χ1n) is 4.52. The fraction of sp³-hybridized carbons (Fsp3) is 0.182. The molecular weight excluding hydrogens is 192 g/mol. The topological polar surface area (TPSA) is 34.1 Å². The van der Waals surface area contributed by atoms with Gasteiger partial charge in [0.1, 0.15) is 5.75 Å². The van der Waals surface area contributed by atoms with Crippen LogP contribution in [0.25, 0.3) is 0 Å². The summed E-state index contributed by atoms with van der Waals surface area (Å²) in [6.07, 6.45) is 0. The van der Waals surface area contributed by atoms with E-state index in [1.807, 2.05) is 18.2 Å². The summed E-state index contributed by atoms with van der Waals surface area (Å²) in [5.41, 5.74) is 1.08. The van der Waals surface area contributed by atoms with Crippen molar-refractivity contribution in [3.63, 3.8) is 0 Å². The molecule has 0 fully saturated rings. The van der Waals surface area contributed by atoms with Crippen LogP contribution in [0.15, 0.2) is 35.6 Å². The highest BCUT2D eigenvalue weighted by molar-refractivity contribution is 5.42. The van der Waals surface area contributed by atoms with Crippen molar-refractivity contribution >= 4 is 6.72 Å². The Morgan fingerprint density at radius 2 is 2.40 bits per heavy atom. The summed E-state index contributed by atoms with van der Waals surface area (Å²) in [7, 11) is 1.62. The van der Waals surface area contributed by atoms with Crippen molar-refractivity contribution in [3.8, 4) is 11.5 Å².